The molecule has 1 amide bonds. The lowest BCUT2D eigenvalue weighted by Gasteiger charge is -2.09. The van der Waals surface area contributed by atoms with E-state index >= 15 is 0 Å². The van der Waals surface area contributed by atoms with Crippen LogP contribution in [0.25, 0.3) is 0 Å². The quantitative estimate of drug-likeness (QED) is 0.608. The Morgan fingerprint density at radius 2 is 1.76 bits per heavy atom. The van der Waals surface area contributed by atoms with Crippen LogP contribution >= 0.6 is 23.1 Å². The number of amides is 1. The molecule has 0 fully saturated rings. The van der Waals surface area contributed by atoms with Crippen molar-refractivity contribution in [3.8, 4) is 0 Å². The molecule has 0 saturated carbocycles. The average Bonchev–Trinajstić information content (AvgIpc) is 3.09. The summed E-state index contributed by atoms with van der Waals surface area (Å²) >= 11 is 2.86. The zero-order chi connectivity index (χ0) is 17.5. The Kier molecular flexibility index (Phi) is 6.03. The zero-order valence-electron chi connectivity index (χ0n) is 13.7. The number of anilines is 2. The van der Waals surface area contributed by atoms with Gasteiger partial charge in [0.15, 0.2) is 4.34 Å². The van der Waals surface area contributed by atoms with E-state index in [9.17, 15) is 4.79 Å². The molecule has 1 unspecified atom stereocenters. The van der Waals surface area contributed by atoms with Gasteiger partial charge in [0.05, 0.1) is 5.25 Å². The maximum Gasteiger partial charge on any atom is 0.237 e. The van der Waals surface area contributed by atoms with Crippen LogP contribution in [0, 0.1) is 0 Å². The van der Waals surface area contributed by atoms with Gasteiger partial charge in [0.25, 0.3) is 0 Å². The number of rotatable bonds is 7. The minimum Gasteiger partial charge on any atom is -0.356 e. The first-order valence-corrected chi connectivity index (χ1v) is 9.54. The SMILES string of the molecule is CC(Sc1nnc(NCc2ccccc2)s1)C(=O)Nc1ccccc1. The summed E-state index contributed by atoms with van der Waals surface area (Å²) in [5.41, 5.74) is 1.98. The number of aromatic nitrogens is 2. The summed E-state index contributed by atoms with van der Waals surface area (Å²) in [5, 5.41) is 14.9. The molecule has 25 heavy (non-hydrogen) atoms. The summed E-state index contributed by atoms with van der Waals surface area (Å²) in [5.74, 6) is -0.0507. The third-order valence-corrected chi connectivity index (χ3v) is 5.45. The van der Waals surface area contributed by atoms with Crippen LogP contribution in [0.3, 0.4) is 0 Å². The van der Waals surface area contributed by atoms with Crippen molar-refractivity contribution in [3.63, 3.8) is 0 Å². The van der Waals surface area contributed by atoms with Gasteiger partial charge in [0.2, 0.25) is 11.0 Å². The van der Waals surface area contributed by atoms with Crippen molar-refractivity contribution in [3.05, 3.63) is 66.2 Å². The van der Waals surface area contributed by atoms with Gasteiger partial charge in [-0.15, -0.1) is 10.2 Å². The number of para-hydroxylation sites is 1. The Labute approximate surface area is 154 Å². The highest BCUT2D eigenvalue weighted by atomic mass is 32.2. The average molecular weight is 371 g/mol. The van der Waals surface area contributed by atoms with Gasteiger partial charge in [0, 0.05) is 12.2 Å². The highest BCUT2D eigenvalue weighted by Gasteiger charge is 2.17. The number of benzene rings is 2. The van der Waals surface area contributed by atoms with Gasteiger partial charge in [-0.25, -0.2) is 0 Å². The number of carbonyl (C=O) groups is 1. The van der Waals surface area contributed by atoms with Crippen molar-refractivity contribution in [2.24, 2.45) is 0 Å². The summed E-state index contributed by atoms with van der Waals surface area (Å²) in [7, 11) is 0. The molecular weight excluding hydrogens is 352 g/mol. The molecule has 7 heteroatoms. The Hall–Kier alpha value is -2.38. The van der Waals surface area contributed by atoms with E-state index < -0.39 is 0 Å². The van der Waals surface area contributed by atoms with Crippen molar-refractivity contribution in [1.82, 2.24) is 10.2 Å². The van der Waals surface area contributed by atoms with E-state index in [4.69, 9.17) is 0 Å². The lowest BCUT2D eigenvalue weighted by molar-refractivity contribution is -0.115. The monoisotopic (exact) mass is 370 g/mol. The number of hydrogen-bond donors (Lipinski definition) is 2. The van der Waals surface area contributed by atoms with Gasteiger partial charge in [0.1, 0.15) is 0 Å². The number of nitrogens with one attached hydrogen (secondary N) is 2. The number of hydrogen-bond acceptors (Lipinski definition) is 6. The molecule has 5 nitrogen and oxygen atoms in total. The second kappa shape index (κ2) is 8.64. The van der Waals surface area contributed by atoms with Crippen molar-refractivity contribution < 1.29 is 4.79 Å². The van der Waals surface area contributed by atoms with Crippen molar-refractivity contribution in [1.29, 1.82) is 0 Å². The number of thioether (sulfide) groups is 1. The van der Waals surface area contributed by atoms with Crippen LogP contribution in [-0.4, -0.2) is 21.4 Å². The Morgan fingerprint density at radius 1 is 1.08 bits per heavy atom. The van der Waals surface area contributed by atoms with Gasteiger partial charge in [-0.2, -0.15) is 0 Å². The minimum absolute atomic E-state index is 0.0507. The first-order valence-electron chi connectivity index (χ1n) is 7.84. The standard InChI is InChI=1S/C18H18N4OS2/c1-13(16(23)20-15-10-6-3-7-11-15)24-18-22-21-17(25-18)19-12-14-8-4-2-5-9-14/h2-11,13H,12H2,1H3,(H,19,21)(H,20,23). The van der Waals surface area contributed by atoms with Crippen LogP contribution in [0.2, 0.25) is 0 Å². The minimum atomic E-state index is -0.255. The van der Waals surface area contributed by atoms with E-state index in [0.29, 0.717) is 6.54 Å². The Morgan fingerprint density at radius 3 is 2.48 bits per heavy atom. The second-order valence-electron chi connectivity index (χ2n) is 5.33. The number of nitrogens with zero attached hydrogens (tertiary/aromatic N) is 2. The lowest BCUT2D eigenvalue weighted by Crippen LogP contribution is -2.22. The van der Waals surface area contributed by atoms with Crippen molar-refractivity contribution >= 4 is 39.8 Å². The molecule has 128 valence electrons. The molecule has 2 N–H and O–H groups in total. The molecule has 0 aliphatic rings. The van der Waals surface area contributed by atoms with E-state index in [1.807, 2.05) is 55.5 Å². The van der Waals surface area contributed by atoms with Gasteiger partial charge in [-0.05, 0) is 24.6 Å². The van der Waals surface area contributed by atoms with E-state index in [1.165, 1.54) is 28.7 Å². The molecule has 0 bridgehead atoms. The summed E-state index contributed by atoms with van der Waals surface area (Å²) in [6.45, 7) is 2.56. The van der Waals surface area contributed by atoms with E-state index in [-0.39, 0.29) is 11.2 Å². The third kappa shape index (κ3) is 5.30. The fourth-order valence-corrected chi connectivity index (χ4v) is 3.96. The smallest absolute Gasteiger partial charge is 0.237 e. The van der Waals surface area contributed by atoms with E-state index in [2.05, 4.69) is 33.0 Å². The molecule has 3 rings (SSSR count). The van der Waals surface area contributed by atoms with Crippen LogP contribution in [0.15, 0.2) is 65.0 Å². The first kappa shape index (κ1) is 17.4. The molecule has 0 aliphatic carbocycles. The van der Waals surface area contributed by atoms with Gasteiger partial charge in [-0.3, -0.25) is 4.79 Å². The molecule has 0 spiro atoms. The Bertz CT molecular complexity index is 808. The largest absolute Gasteiger partial charge is 0.356 e. The molecule has 1 atom stereocenters. The van der Waals surface area contributed by atoms with Gasteiger partial charge >= 0.3 is 0 Å². The molecule has 3 aromatic rings. The zero-order valence-corrected chi connectivity index (χ0v) is 15.3. The van der Waals surface area contributed by atoms with Gasteiger partial charge < -0.3 is 10.6 Å². The molecule has 0 aliphatic heterocycles. The van der Waals surface area contributed by atoms with Crippen LogP contribution < -0.4 is 10.6 Å². The summed E-state index contributed by atoms with van der Waals surface area (Å²) in [6, 6.07) is 19.5. The third-order valence-electron chi connectivity index (χ3n) is 3.38. The second-order valence-corrected chi connectivity index (χ2v) is 7.89. The molecule has 2 aromatic carbocycles. The maximum atomic E-state index is 12.2. The van der Waals surface area contributed by atoms with E-state index in [0.717, 1.165) is 15.2 Å². The molecule has 0 saturated heterocycles. The normalized spacial score (nSPS) is 11.7. The lowest BCUT2D eigenvalue weighted by atomic mass is 10.2. The van der Waals surface area contributed by atoms with Crippen molar-refractivity contribution in [2.75, 3.05) is 10.6 Å². The fourth-order valence-electron chi connectivity index (χ4n) is 2.07. The molecule has 1 aromatic heterocycles. The van der Waals surface area contributed by atoms with Crippen LogP contribution in [0.4, 0.5) is 10.8 Å². The topological polar surface area (TPSA) is 66.9 Å². The van der Waals surface area contributed by atoms with Crippen LogP contribution in [0.5, 0.6) is 0 Å². The van der Waals surface area contributed by atoms with Gasteiger partial charge in [-0.1, -0.05) is 71.6 Å². The van der Waals surface area contributed by atoms with Crippen molar-refractivity contribution in [2.45, 2.75) is 23.1 Å². The van der Waals surface area contributed by atoms with E-state index in [1.54, 1.807) is 0 Å². The molecular formula is C18H18N4OS2. The highest BCUT2D eigenvalue weighted by molar-refractivity contribution is 8.02. The van der Waals surface area contributed by atoms with Crippen LogP contribution in [-0.2, 0) is 11.3 Å². The molecule has 0 radical (unpaired) electrons. The Balaban J connectivity index is 1.51. The summed E-state index contributed by atoms with van der Waals surface area (Å²) < 4.78 is 0.770. The number of carbonyl (C=O) groups excluding carboxylic acids is 1. The van der Waals surface area contributed by atoms with Crippen LogP contribution in [0.1, 0.15) is 12.5 Å². The first-order chi connectivity index (χ1) is 12.2. The maximum absolute atomic E-state index is 12.2. The predicted molar refractivity (Wildman–Crippen MR) is 104 cm³/mol. The highest BCUT2D eigenvalue weighted by Crippen LogP contribution is 2.29. The summed E-state index contributed by atoms with van der Waals surface area (Å²) in [6.07, 6.45) is 0. The summed E-state index contributed by atoms with van der Waals surface area (Å²) in [4.78, 5) is 12.2. The molecule has 1 heterocycles. The fraction of sp³-hybridized carbons (Fsp3) is 0.167. The predicted octanol–water partition coefficient (Wildman–Crippen LogP) is 4.27.